The normalized spacial score (nSPS) is 17.4. The van der Waals surface area contributed by atoms with Crippen molar-refractivity contribution in [2.75, 3.05) is 0 Å². The van der Waals surface area contributed by atoms with Gasteiger partial charge >= 0.3 is 23.9 Å². The first-order valence-corrected chi connectivity index (χ1v) is 19.4. The van der Waals surface area contributed by atoms with Crippen molar-refractivity contribution in [3.63, 3.8) is 0 Å². The van der Waals surface area contributed by atoms with E-state index in [1.165, 1.54) is 0 Å². The summed E-state index contributed by atoms with van der Waals surface area (Å²) in [5.74, 6) is -12.2. The molecule has 0 radical (unpaired) electrons. The largest absolute Gasteiger partial charge is 0.454 e. The van der Waals surface area contributed by atoms with Gasteiger partial charge in [0.25, 0.3) is 0 Å². The molecule has 0 saturated heterocycles. The highest BCUT2D eigenvalue weighted by atomic mass is 19.2. The molecule has 8 nitrogen and oxygen atoms in total. The zero-order chi connectivity index (χ0) is 45.7. The Labute approximate surface area is 359 Å². The van der Waals surface area contributed by atoms with E-state index in [-0.39, 0.29) is 47.9 Å². The van der Waals surface area contributed by atoms with E-state index in [1.54, 1.807) is 24.3 Å². The molecule has 16 heteroatoms. The highest BCUT2D eigenvalue weighted by molar-refractivity contribution is 5.91. The van der Waals surface area contributed by atoms with Gasteiger partial charge in [0.05, 0.1) is 22.3 Å². The first-order chi connectivity index (χ1) is 30.6. The molecular formula is C48H32F8O8. The molecule has 6 aromatic carbocycles. The summed E-state index contributed by atoms with van der Waals surface area (Å²) >= 11 is 0. The predicted molar refractivity (Wildman–Crippen MR) is 210 cm³/mol. The molecule has 0 amide bonds. The lowest BCUT2D eigenvalue weighted by molar-refractivity contribution is -0.0390. The van der Waals surface area contributed by atoms with Crippen LogP contribution in [0.1, 0.15) is 63.7 Å². The van der Waals surface area contributed by atoms with Crippen molar-refractivity contribution in [3.05, 3.63) is 212 Å². The Kier molecular flexibility index (Phi) is 13.5. The van der Waals surface area contributed by atoms with E-state index in [4.69, 9.17) is 18.9 Å². The van der Waals surface area contributed by atoms with Crippen LogP contribution in [0.15, 0.2) is 121 Å². The number of carbonyl (C=O) groups excluding carboxylic acids is 4. The first kappa shape index (κ1) is 44.7. The van der Waals surface area contributed by atoms with Crippen molar-refractivity contribution >= 4 is 23.9 Å². The molecule has 0 fully saturated rings. The van der Waals surface area contributed by atoms with Crippen molar-refractivity contribution in [1.29, 1.82) is 0 Å². The number of fused-ring (bicyclic) bond motifs is 2. The van der Waals surface area contributed by atoms with Gasteiger partial charge in [0, 0.05) is 37.8 Å². The molecule has 328 valence electrons. The van der Waals surface area contributed by atoms with Crippen LogP contribution >= 0.6 is 0 Å². The van der Waals surface area contributed by atoms with Gasteiger partial charge in [-0.1, -0.05) is 48.5 Å². The van der Waals surface area contributed by atoms with Crippen LogP contribution in [-0.2, 0) is 44.6 Å². The Bertz CT molecular complexity index is 2540. The van der Waals surface area contributed by atoms with Crippen LogP contribution in [0, 0.1) is 46.5 Å². The smallest absolute Gasteiger partial charge is 0.338 e. The molecule has 0 bridgehead atoms. The van der Waals surface area contributed by atoms with E-state index in [9.17, 15) is 54.3 Å². The minimum atomic E-state index is -1.20. The molecule has 0 unspecified atom stereocenters. The molecule has 6 aromatic rings. The zero-order valence-corrected chi connectivity index (χ0v) is 33.0. The lowest BCUT2D eigenvalue weighted by atomic mass is 9.87. The molecule has 4 atom stereocenters. The van der Waals surface area contributed by atoms with E-state index in [0.29, 0.717) is 12.1 Å². The molecule has 0 aliphatic heterocycles. The van der Waals surface area contributed by atoms with Crippen molar-refractivity contribution in [2.24, 2.45) is 0 Å². The molecule has 0 spiro atoms. The fourth-order valence-corrected chi connectivity index (χ4v) is 7.19. The number of esters is 4. The topological polar surface area (TPSA) is 105 Å². The van der Waals surface area contributed by atoms with Crippen molar-refractivity contribution in [2.45, 2.75) is 50.1 Å². The Hall–Kier alpha value is -7.36. The number of halogens is 8. The monoisotopic (exact) mass is 888 g/mol. The van der Waals surface area contributed by atoms with Crippen molar-refractivity contribution in [3.8, 4) is 0 Å². The highest BCUT2D eigenvalue weighted by Gasteiger charge is 2.36. The molecule has 64 heavy (non-hydrogen) atoms. The number of carbonyl (C=O) groups is 4. The molecule has 0 heterocycles. The van der Waals surface area contributed by atoms with Gasteiger partial charge < -0.3 is 18.9 Å². The predicted octanol–water partition coefficient (Wildman–Crippen LogP) is 9.59. The Morgan fingerprint density at radius 3 is 0.859 bits per heavy atom. The molecule has 2 aliphatic carbocycles. The quantitative estimate of drug-likeness (QED) is 0.0846. The van der Waals surface area contributed by atoms with E-state index in [2.05, 4.69) is 0 Å². The van der Waals surface area contributed by atoms with Crippen LogP contribution < -0.4 is 0 Å². The van der Waals surface area contributed by atoms with Crippen LogP contribution in [0.2, 0.25) is 0 Å². The Morgan fingerprint density at radius 1 is 0.328 bits per heavy atom. The molecule has 8 rings (SSSR count). The van der Waals surface area contributed by atoms with Crippen LogP contribution in [0.5, 0.6) is 0 Å². The standard InChI is InChI=1S/2C24H16F4O4/c25-17-5-15(6-18(26)11-17)23(29)31-21-9-13-3-1-2-4-14(13)10-22(21)32-24(30)16-7-19(27)12-20(28)8-16;25-17-7-5-15(9-19(17)27)23(29)31-21-11-13-3-1-2-4-14(13)12-22(21)32-24(30)16-6-8-18(26)20(28)10-16/h1-8,11-12,21-22H,9-10H2;1-10,21-22H,11-12H2/t2*21-,22+. The third kappa shape index (κ3) is 10.8. The molecule has 2 aliphatic rings. The van der Waals surface area contributed by atoms with Crippen LogP contribution in [-0.4, -0.2) is 48.3 Å². The number of hydrogen-bond acceptors (Lipinski definition) is 8. The minimum absolute atomic E-state index is 0.176. The van der Waals surface area contributed by atoms with E-state index in [1.807, 2.05) is 24.3 Å². The lowest BCUT2D eigenvalue weighted by Gasteiger charge is -2.32. The summed E-state index contributed by atoms with van der Waals surface area (Å²) in [6, 6.07) is 24.3. The molecular weight excluding hydrogens is 857 g/mol. The fraction of sp³-hybridized carbons (Fsp3) is 0.167. The maximum Gasteiger partial charge on any atom is 0.338 e. The lowest BCUT2D eigenvalue weighted by Crippen LogP contribution is -2.41. The first-order valence-electron chi connectivity index (χ1n) is 19.4. The van der Waals surface area contributed by atoms with Crippen molar-refractivity contribution in [1.82, 2.24) is 0 Å². The van der Waals surface area contributed by atoms with Crippen LogP contribution in [0.4, 0.5) is 35.1 Å². The summed E-state index contributed by atoms with van der Waals surface area (Å²) in [6.45, 7) is 0. The second-order valence-electron chi connectivity index (χ2n) is 14.7. The third-order valence-electron chi connectivity index (χ3n) is 10.3. The Morgan fingerprint density at radius 2 is 0.594 bits per heavy atom. The second kappa shape index (κ2) is 19.4. The van der Waals surface area contributed by atoms with Gasteiger partial charge in [0.1, 0.15) is 47.7 Å². The van der Waals surface area contributed by atoms with E-state index >= 15 is 0 Å². The van der Waals surface area contributed by atoms with Gasteiger partial charge in [0.2, 0.25) is 0 Å². The summed E-state index contributed by atoms with van der Waals surface area (Å²) in [6.07, 6.45) is -3.05. The summed E-state index contributed by atoms with van der Waals surface area (Å²) in [7, 11) is 0. The SMILES string of the molecule is O=C(O[C@H]1Cc2ccccc2C[C@H]1OC(=O)c1cc(F)cc(F)c1)c1cc(F)cc(F)c1.O=C(O[C@H]1Cc2ccccc2C[C@H]1OC(=O)c1ccc(F)c(F)c1)c1ccc(F)c(F)c1. The van der Waals surface area contributed by atoms with Crippen molar-refractivity contribution < 1.29 is 73.2 Å². The number of hydrogen-bond donors (Lipinski definition) is 0. The maximum atomic E-state index is 13.5. The van der Waals surface area contributed by atoms with Gasteiger partial charge in [-0.3, -0.25) is 0 Å². The molecule has 0 saturated carbocycles. The minimum Gasteiger partial charge on any atom is -0.454 e. The summed E-state index contributed by atoms with van der Waals surface area (Å²) in [5, 5.41) is 0. The molecule has 0 aromatic heterocycles. The third-order valence-corrected chi connectivity index (χ3v) is 10.3. The fourth-order valence-electron chi connectivity index (χ4n) is 7.19. The second-order valence-corrected chi connectivity index (χ2v) is 14.7. The summed E-state index contributed by atoms with van der Waals surface area (Å²) in [4.78, 5) is 50.1. The average molecular weight is 889 g/mol. The summed E-state index contributed by atoms with van der Waals surface area (Å²) in [5.41, 5.74) is 2.37. The van der Waals surface area contributed by atoms with Gasteiger partial charge in [-0.05, 0) is 82.9 Å². The van der Waals surface area contributed by atoms with E-state index < -0.39 is 94.8 Å². The zero-order valence-electron chi connectivity index (χ0n) is 33.0. The van der Waals surface area contributed by atoms with Crippen LogP contribution in [0.25, 0.3) is 0 Å². The molecule has 0 N–H and O–H groups in total. The Balaban J connectivity index is 0.000000191. The van der Waals surface area contributed by atoms with Gasteiger partial charge in [-0.15, -0.1) is 0 Å². The van der Waals surface area contributed by atoms with Gasteiger partial charge in [-0.25, -0.2) is 54.3 Å². The van der Waals surface area contributed by atoms with Gasteiger partial charge in [-0.2, -0.15) is 0 Å². The number of rotatable bonds is 8. The van der Waals surface area contributed by atoms with Gasteiger partial charge in [0.15, 0.2) is 23.3 Å². The highest BCUT2D eigenvalue weighted by Crippen LogP contribution is 2.29. The van der Waals surface area contributed by atoms with Crippen LogP contribution in [0.3, 0.4) is 0 Å². The van der Waals surface area contributed by atoms with E-state index in [0.717, 1.165) is 82.9 Å². The maximum absolute atomic E-state index is 13.5. The number of benzene rings is 6. The summed E-state index contributed by atoms with van der Waals surface area (Å²) < 4.78 is 129. The average Bonchev–Trinajstić information content (AvgIpc) is 3.25. The number of ether oxygens (including phenoxy) is 4.